The maximum atomic E-state index is 4.01. The fourth-order valence-electron chi connectivity index (χ4n) is 1.12. The van der Waals surface area contributed by atoms with Gasteiger partial charge in [-0.25, -0.2) is 0 Å². The Kier molecular flexibility index (Phi) is 1.65. The van der Waals surface area contributed by atoms with E-state index >= 15 is 0 Å². The Morgan fingerprint density at radius 1 is 1.33 bits per heavy atom. The minimum Gasteiger partial charge on any atom is -0.286 e. The van der Waals surface area contributed by atoms with Crippen LogP contribution in [0.15, 0.2) is 16.7 Å². The molecule has 3 nitrogen and oxygen atoms in total. The third kappa shape index (κ3) is 1.03. The number of aryl methyl sites for hydroxylation is 2. The average molecular weight is 226 g/mol. The summed E-state index contributed by atoms with van der Waals surface area (Å²) in [7, 11) is 0. The molecule has 62 valence electrons. The summed E-state index contributed by atoms with van der Waals surface area (Å²) in [6, 6.07) is 2.00. The number of nitrogens with zero attached hydrogens (tertiary/aromatic N) is 3. The van der Waals surface area contributed by atoms with Gasteiger partial charge in [-0.05, 0) is 41.4 Å². The second kappa shape index (κ2) is 2.55. The lowest BCUT2D eigenvalue weighted by Gasteiger charge is -1.98. The molecule has 0 aliphatic heterocycles. The van der Waals surface area contributed by atoms with Crippen LogP contribution in [-0.4, -0.2) is 14.6 Å². The van der Waals surface area contributed by atoms with E-state index in [-0.39, 0.29) is 0 Å². The minimum atomic E-state index is 0.896. The van der Waals surface area contributed by atoms with Crippen molar-refractivity contribution in [3.05, 3.63) is 28.1 Å². The van der Waals surface area contributed by atoms with Gasteiger partial charge >= 0.3 is 0 Å². The van der Waals surface area contributed by atoms with E-state index in [2.05, 4.69) is 26.1 Å². The third-order valence-electron chi connectivity index (χ3n) is 1.86. The van der Waals surface area contributed by atoms with E-state index in [1.807, 2.05) is 30.5 Å². The van der Waals surface area contributed by atoms with Crippen LogP contribution in [0.4, 0.5) is 0 Å². The van der Waals surface area contributed by atoms with E-state index in [9.17, 15) is 0 Å². The lowest BCUT2D eigenvalue weighted by Crippen LogP contribution is -1.89. The smallest absolute Gasteiger partial charge is 0.161 e. The summed E-state index contributed by atoms with van der Waals surface area (Å²) in [5, 5.41) is 7.98. The zero-order chi connectivity index (χ0) is 8.72. The maximum absolute atomic E-state index is 4.01. The van der Waals surface area contributed by atoms with Crippen LogP contribution in [-0.2, 0) is 0 Å². The number of halogens is 1. The summed E-state index contributed by atoms with van der Waals surface area (Å²) in [6.07, 6.45) is 1.99. The molecule has 0 N–H and O–H groups in total. The van der Waals surface area contributed by atoms with Crippen LogP contribution in [0.3, 0.4) is 0 Å². The van der Waals surface area contributed by atoms with Gasteiger partial charge in [0, 0.05) is 10.7 Å². The SMILES string of the molecule is Cc1cc2nnc(C)n2cc1Br. The largest absolute Gasteiger partial charge is 0.286 e. The van der Waals surface area contributed by atoms with Crippen molar-refractivity contribution in [3.8, 4) is 0 Å². The highest BCUT2D eigenvalue weighted by Gasteiger charge is 2.02. The van der Waals surface area contributed by atoms with Crippen molar-refractivity contribution in [2.75, 3.05) is 0 Å². The Hall–Kier alpha value is -0.900. The molecule has 0 fully saturated rings. The fourth-order valence-corrected chi connectivity index (χ4v) is 1.44. The molecule has 0 spiro atoms. The highest BCUT2D eigenvalue weighted by molar-refractivity contribution is 9.10. The first-order chi connectivity index (χ1) is 5.68. The topological polar surface area (TPSA) is 30.2 Å². The van der Waals surface area contributed by atoms with E-state index in [1.54, 1.807) is 0 Å². The van der Waals surface area contributed by atoms with Crippen LogP contribution in [0.1, 0.15) is 11.4 Å². The number of fused-ring (bicyclic) bond motifs is 1. The second-order valence-electron chi connectivity index (χ2n) is 2.78. The first-order valence-corrected chi connectivity index (χ1v) is 4.45. The van der Waals surface area contributed by atoms with Crippen LogP contribution in [0.25, 0.3) is 5.65 Å². The van der Waals surface area contributed by atoms with E-state index in [4.69, 9.17) is 0 Å². The van der Waals surface area contributed by atoms with Gasteiger partial charge in [-0.2, -0.15) is 0 Å². The van der Waals surface area contributed by atoms with Gasteiger partial charge in [-0.3, -0.25) is 4.40 Å². The van der Waals surface area contributed by atoms with Crippen molar-refractivity contribution >= 4 is 21.6 Å². The molecule has 2 rings (SSSR count). The highest BCUT2D eigenvalue weighted by Crippen LogP contribution is 2.17. The molecule has 0 bridgehead atoms. The Balaban J connectivity index is 2.87. The highest BCUT2D eigenvalue weighted by atomic mass is 79.9. The van der Waals surface area contributed by atoms with Crippen molar-refractivity contribution in [2.24, 2.45) is 0 Å². The van der Waals surface area contributed by atoms with Crippen molar-refractivity contribution in [1.29, 1.82) is 0 Å². The number of hydrogen-bond donors (Lipinski definition) is 0. The van der Waals surface area contributed by atoms with E-state index in [0.717, 1.165) is 15.9 Å². The van der Waals surface area contributed by atoms with Gasteiger partial charge in [0.15, 0.2) is 5.65 Å². The average Bonchev–Trinajstić information content (AvgIpc) is 2.35. The normalized spacial score (nSPS) is 10.9. The van der Waals surface area contributed by atoms with Gasteiger partial charge in [0.05, 0.1) is 0 Å². The maximum Gasteiger partial charge on any atom is 0.161 e. The number of rotatable bonds is 0. The van der Waals surface area contributed by atoms with Crippen LogP contribution in [0, 0.1) is 13.8 Å². The summed E-state index contributed by atoms with van der Waals surface area (Å²) in [5.74, 6) is 0.908. The first kappa shape index (κ1) is 7.73. The van der Waals surface area contributed by atoms with Gasteiger partial charge < -0.3 is 0 Å². The molecule has 12 heavy (non-hydrogen) atoms. The zero-order valence-electron chi connectivity index (χ0n) is 6.87. The fraction of sp³-hybridized carbons (Fsp3) is 0.250. The van der Waals surface area contributed by atoms with E-state index in [1.165, 1.54) is 5.56 Å². The van der Waals surface area contributed by atoms with Crippen molar-refractivity contribution < 1.29 is 0 Å². The summed E-state index contributed by atoms with van der Waals surface area (Å²) in [4.78, 5) is 0. The van der Waals surface area contributed by atoms with Gasteiger partial charge in [0.2, 0.25) is 0 Å². The molecular weight excluding hydrogens is 218 g/mol. The summed E-state index contributed by atoms with van der Waals surface area (Å²) < 4.78 is 3.04. The predicted molar refractivity (Wildman–Crippen MR) is 50.2 cm³/mol. The lowest BCUT2D eigenvalue weighted by molar-refractivity contribution is 1.00. The Morgan fingerprint density at radius 3 is 2.83 bits per heavy atom. The molecule has 2 aromatic heterocycles. The van der Waals surface area contributed by atoms with Crippen molar-refractivity contribution in [1.82, 2.24) is 14.6 Å². The Morgan fingerprint density at radius 2 is 2.08 bits per heavy atom. The molecule has 0 saturated heterocycles. The molecule has 2 aromatic rings. The molecule has 0 saturated carbocycles. The second-order valence-corrected chi connectivity index (χ2v) is 3.63. The molecule has 2 heterocycles. The first-order valence-electron chi connectivity index (χ1n) is 3.66. The van der Waals surface area contributed by atoms with Crippen LogP contribution in [0.2, 0.25) is 0 Å². The molecule has 0 radical (unpaired) electrons. The predicted octanol–water partition coefficient (Wildman–Crippen LogP) is 2.11. The van der Waals surface area contributed by atoms with Crippen molar-refractivity contribution in [3.63, 3.8) is 0 Å². The molecule has 0 aromatic carbocycles. The quantitative estimate of drug-likeness (QED) is 0.688. The summed E-state index contributed by atoms with van der Waals surface area (Å²) in [6.45, 7) is 3.97. The summed E-state index contributed by atoms with van der Waals surface area (Å²) >= 11 is 3.46. The van der Waals surface area contributed by atoms with Gasteiger partial charge in [0.1, 0.15) is 5.82 Å². The van der Waals surface area contributed by atoms with Crippen LogP contribution < -0.4 is 0 Å². The number of hydrogen-bond acceptors (Lipinski definition) is 2. The van der Waals surface area contributed by atoms with Crippen LogP contribution in [0.5, 0.6) is 0 Å². The van der Waals surface area contributed by atoms with Crippen molar-refractivity contribution in [2.45, 2.75) is 13.8 Å². The molecular formula is C8H8BrN3. The lowest BCUT2D eigenvalue weighted by atomic mass is 10.3. The Labute approximate surface area is 78.6 Å². The monoisotopic (exact) mass is 225 g/mol. The molecule has 0 amide bonds. The standard InChI is InChI=1S/C8H8BrN3/c1-5-3-8-11-10-6(2)12(8)4-7(5)9/h3-4H,1-2H3. The molecule has 0 unspecified atom stereocenters. The van der Waals surface area contributed by atoms with Crippen LogP contribution >= 0.6 is 15.9 Å². The van der Waals surface area contributed by atoms with E-state index in [0.29, 0.717) is 0 Å². The number of pyridine rings is 1. The minimum absolute atomic E-state index is 0.896. The molecule has 0 aliphatic carbocycles. The number of aromatic nitrogens is 3. The van der Waals surface area contributed by atoms with Gasteiger partial charge in [-0.1, -0.05) is 0 Å². The van der Waals surface area contributed by atoms with Gasteiger partial charge in [0.25, 0.3) is 0 Å². The third-order valence-corrected chi connectivity index (χ3v) is 2.69. The molecule has 4 heteroatoms. The molecule has 0 aliphatic rings. The van der Waals surface area contributed by atoms with Gasteiger partial charge in [-0.15, -0.1) is 10.2 Å². The van der Waals surface area contributed by atoms with E-state index < -0.39 is 0 Å². The Bertz CT molecular complexity index is 433. The summed E-state index contributed by atoms with van der Waals surface area (Å²) in [5.41, 5.74) is 2.07. The zero-order valence-corrected chi connectivity index (χ0v) is 8.46. The molecule has 0 atom stereocenters.